The summed E-state index contributed by atoms with van der Waals surface area (Å²) in [4.78, 5) is 16.5. The third-order valence-corrected chi connectivity index (χ3v) is 3.77. The van der Waals surface area contributed by atoms with E-state index in [1.54, 1.807) is 0 Å². The first kappa shape index (κ1) is 13.8. The summed E-state index contributed by atoms with van der Waals surface area (Å²) < 4.78 is 5.72. The summed E-state index contributed by atoms with van der Waals surface area (Å²) in [5.41, 5.74) is 0. The van der Waals surface area contributed by atoms with Crippen molar-refractivity contribution in [3.05, 3.63) is 0 Å². The monoisotopic (exact) mass is 255 g/mol. The van der Waals surface area contributed by atoms with Gasteiger partial charge in [-0.3, -0.25) is 9.69 Å². The average Bonchev–Trinajstić information content (AvgIpc) is 2.40. The van der Waals surface area contributed by atoms with E-state index in [0.717, 1.165) is 45.9 Å². The zero-order chi connectivity index (χ0) is 13.0. The van der Waals surface area contributed by atoms with Crippen LogP contribution in [-0.4, -0.2) is 73.7 Å². The van der Waals surface area contributed by atoms with Crippen molar-refractivity contribution in [3.63, 3.8) is 0 Å². The van der Waals surface area contributed by atoms with Crippen molar-refractivity contribution < 1.29 is 9.53 Å². The molecule has 5 nitrogen and oxygen atoms in total. The minimum absolute atomic E-state index is 0.0727. The lowest BCUT2D eigenvalue weighted by Crippen LogP contribution is -2.50. The molecule has 1 amide bonds. The predicted octanol–water partition coefficient (Wildman–Crippen LogP) is -0.0825. The van der Waals surface area contributed by atoms with Gasteiger partial charge in [0.1, 0.15) is 0 Å². The van der Waals surface area contributed by atoms with Gasteiger partial charge in [-0.15, -0.1) is 0 Å². The van der Waals surface area contributed by atoms with Crippen LogP contribution in [0.1, 0.15) is 20.3 Å². The van der Waals surface area contributed by atoms with E-state index in [1.165, 1.54) is 0 Å². The lowest BCUT2D eigenvalue weighted by Gasteiger charge is -2.36. The Hall–Kier alpha value is -0.650. The Morgan fingerprint density at radius 3 is 2.72 bits per heavy atom. The summed E-state index contributed by atoms with van der Waals surface area (Å²) in [6.07, 6.45) is 0.604. The van der Waals surface area contributed by atoms with Gasteiger partial charge in [-0.1, -0.05) is 0 Å². The van der Waals surface area contributed by atoms with Crippen molar-refractivity contribution in [2.45, 2.75) is 32.4 Å². The van der Waals surface area contributed by atoms with Gasteiger partial charge in [0, 0.05) is 45.3 Å². The van der Waals surface area contributed by atoms with Gasteiger partial charge in [0.2, 0.25) is 5.91 Å². The summed E-state index contributed by atoms with van der Waals surface area (Å²) in [5.74, 6) is 0.243. The van der Waals surface area contributed by atoms with Crippen molar-refractivity contribution in [2.24, 2.45) is 0 Å². The maximum Gasteiger partial charge on any atom is 0.225 e. The SMILES string of the molecule is CC(C)N1CCOC(CC(=O)N2CCNCC2)C1. The van der Waals surface area contributed by atoms with Gasteiger partial charge < -0.3 is 15.0 Å². The third kappa shape index (κ3) is 3.67. The number of rotatable bonds is 3. The van der Waals surface area contributed by atoms with E-state index in [2.05, 4.69) is 24.1 Å². The first-order chi connectivity index (χ1) is 8.66. The van der Waals surface area contributed by atoms with Crippen LogP contribution in [0.2, 0.25) is 0 Å². The number of ether oxygens (including phenoxy) is 1. The van der Waals surface area contributed by atoms with Gasteiger partial charge in [-0.05, 0) is 13.8 Å². The maximum atomic E-state index is 12.1. The van der Waals surface area contributed by atoms with Crippen LogP contribution in [0, 0.1) is 0 Å². The second-order valence-electron chi connectivity index (χ2n) is 5.42. The van der Waals surface area contributed by atoms with Gasteiger partial charge in [0.15, 0.2) is 0 Å². The highest BCUT2D eigenvalue weighted by molar-refractivity contribution is 5.76. The Labute approximate surface area is 109 Å². The van der Waals surface area contributed by atoms with E-state index in [0.29, 0.717) is 12.5 Å². The molecule has 0 aliphatic carbocycles. The Kier molecular flexibility index (Phi) is 4.97. The van der Waals surface area contributed by atoms with Crippen LogP contribution < -0.4 is 5.32 Å². The molecule has 0 bridgehead atoms. The molecule has 2 saturated heterocycles. The summed E-state index contributed by atoms with van der Waals surface area (Å²) in [5, 5.41) is 3.26. The molecule has 2 fully saturated rings. The fraction of sp³-hybridized carbons (Fsp3) is 0.923. The maximum absolute atomic E-state index is 12.1. The molecule has 2 aliphatic rings. The first-order valence-electron chi connectivity index (χ1n) is 7.01. The van der Waals surface area contributed by atoms with E-state index in [-0.39, 0.29) is 12.0 Å². The van der Waals surface area contributed by atoms with E-state index in [4.69, 9.17) is 4.74 Å². The minimum Gasteiger partial charge on any atom is -0.375 e. The highest BCUT2D eigenvalue weighted by Crippen LogP contribution is 2.13. The fourth-order valence-electron chi connectivity index (χ4n) is 2.57. The number of carbonyl (C=O) groups excluding carboxylic acids is 1. The number of hydrogen-bond donors (Lipinski definition) is 1. The van der Waals surface area contributed by atoms with Crippen LogP contribution in [0.4, 0.5) is 0 Å². The van der Waals surface area contributed by atoms with Crippen molar-refractivity contribution in [2.75, 3.05) is 45.9 Å². The van der Waals surface area contributed by atoms with Crippen LogP contribution in [0.25, 0.3) is 0 Å². The molecule has 104 valence electrons. The number of hydrogen-bond acceptors (Lipinski definition) is 4. The molecule has 5 heteroatoms. The van der Waals surface area contributed by atoms with E-state index < -0.39 is 0 Å². The summed E-state index contributed by atoms with van der Waals surface area (Å²) >= 11 is 0. The second-order valence-corrected chi connectivity index (χ2v) is 5.42. The summed E-state index contributed by atoms with van der Waals surface area (Å²) in [6, 6.07) is 0.533. The number of morpholine rings is 1. The van der Waals surface area contributed by atoms with E-state index >= 15 is 0 Å². The molecule has 0 radical (unpaired) electrons. The van der Waals surface area contributed by atoms with Crippen LogP contribution in [0.3, 0.4) is 0 Å². The van der Waals surface area contributed by atoms with Gasteiger partial charge >= 0.3 is 0 Å². The van der Waals surface area contributed by atoms with E-state index in [9.17, 15) is 4.79 Å². The zero-order valence-electron chi connectivity index (χ0n) is 11.5. The quantitative estimate of drug-likeness (QED) is 0.766. The van der Waals surface area contributed by atoms with Crippen molar-refractivity contribution in [3.8, 4) is 0 Å². The lowest BCUT2D eigenvalue weighted by atomic mass is 10.1. The molecule has 1 N–H and O–H groups in total. The number of carbonyl (C=O) groups is 1. The molecular weight excluding hydrogens is 230 g/mol. The molecule has 1 unspecified atom stereocenters. The number of piperazine rings is 1. The molecule has 0 aromatic carbocycles. The molecule has 0 aromatic heterocycles. The second kappa shape index (κ2) is 6.50. The molecule has 18 heavy (non-hydrogen) atoms. The lowest BCUT2D eigenvalue weighted by molar-refractivity contribution is -0.137. The van der Waals surface area contributed by atoms with Crippen LogP contribution in [0.5, 0.6) is 0 Å². The Balaban J connectivity index is 1.79. The standard InChI is InChI=1S/C13H25N3O2/c1-11(2)16-7-8-18-12(10-16)9-13(17)15-5-3-14-4-6-15/h11-12,14H,3-10H2,1-2H3. The van der Waals surface area contributed by atoms with Gasteiger partial charge in [0.05, 0.1) is 19.1 Å². The Morgan fingerprint density at radius 1 is 1.33 bits per heavy atom. The van der Waals surface area contributed by atoms with Gasteiger partial charge in [0.25, 0.3) is 0 Å². The normalized spacial score (nSPS) is 26.6. The molecular formula is C13H25N3O2. The Morgan fingerprint density at radius 2 is 2.06 bits per heavy atom. The smallest absolute Gasteiger partial charge is 0.225 e. The van der Waals surface area contributed by atoms with Gasteiger partial charge in [-0.2, -0.15) is 0 Å². The van der Waals surface area contributed by atoms with Crippen molar-refractivity contribution in [1.29, 1.82) is 0 Å². The largest absolute Gasteiger partial charge is 0.375 e. The van der Waals surface area contributed by atoms with Crippen LogP contribution in [0.15, 0.2) is 0 Å². The zero-order valence-corrected chi connectivity index (χ0v) is 11.5. The number of nitrogens with zero attached hydrogens (tertiary/aromatic N) is 2. The topological polar surface area (TPSA) is 44.8 Å². The minimum atomic E-state index is 0.0727. The van der Waals surface area contributed by atoms with Crippen LogP contribution in [-0.2, 0) is 9.53 Å². The highest BCUT2D eigenvalue weighted by atomic mass is 16.5. The molecule has 2 aliphatic heterocycles. The molecule has 0 aromatic rings. The fourth-order valence-corrected chi connectivity index (χ4v) is 2.57. The van der Waals surface area contributed by atoms with Crippen molar-refractivity contribution in [1.82, 2.24) is 15.1 Å². The molecule has 1 atom stereocenters. The van der Waals surface area contributed by atoms with Gasteiger partial charge in [-0.25, -0.2) is 0 Å². The number of amides is 1. The third-order valence-electron chi connectivity index (χ3n) is 3.77. The molecule has 2 heterocycles. The van der Waals surface area contributed by atoms with Crippen molar-refractivity contribution >= 4 is 5.91 Å². The molecule has 2 rings (SSSR count). The molecule has 0 saturated carbocycles. The Bertz CT molecular complexity index is 277. The predicted molar refractivity (Wildman–Crippen MR) is 70.5 cm³/mol. The van der Waals surface area contributed by atoms with Crippen LogP contribution >= 0.6 is 0 Å². The summed E-state index contributed by atoms with van der Waals surface area (Å²) in [6.45, 7) is 10.5. The highest BCUT2D eigenvalue weighted by Gasteiger charge is 2.26. The summed E-state index contributed by atoms with van der Waals surface area (Å²) in [7, 11) is 0. The average molecular weight is 255 g/mol. The first-order valence-corrected chi connectivity index (χ1v) is 7.01. The van der Waals surface area contributed by atoms with E-state index in [1.807, 2.05) is 4.90 Å². The number of nitrogens with one attached hydrogen (secondary N) is 1. The molecule has 0 spiro atoms.